The van der Waals surface area contributed by atoms with E-state index in [1.165, 1.54) is 5.56 Å². The van der Waals surface area contributed by atoms with Crippen LogP contribution >= 0.6 is 0 Å². The summed E-state index contributed by atoms with van der Waals surface area (Å²) < 4.78 is 18.0. The predicted molar refractivity (Wildman–Crippen MR) is 81.5 cm³/mol. The minimum absolute atomic E-state index is 0.0820. The average Bonchev–Trinajstić information content (AvgIpc) is 2.91. The summed E-state index contributed by atoms with van der Waals surface area (Å²) in [6.45, 7) is 6.57. The van der Waals surface area contributed by atoms with Gasteiger partial charge in [-0.3, -0.25) is 0 Å². The van der Waals surface area contributed by atoms with Crippen LogP contribution in [0, 0.1) is 6.92 Å². The third-order valence-corrected chi connectivity index (χ3v) is 4.35. The van der Waals surface area contributed by atoms with Crippen LogP contribution in [0.15, 0.2) is 24.3 Å². The Morgan fingerprint density at radius 3 is 2.86 bits per heavy atom. The molecule has 0 amide bonds. The topological polar surface area (TPSA) is 39.7 Å². The molecular formula is C17H25NO3. The van der Waals surface area contributed by atoms with Crippen LogP contribution in [0.1, 0.15) is 31.7 Å². The van der Waals surface area contributed by atoms with Gasteiger partial charge in [0.2, 0.25) is 0 Å². The lowest BCUT2D eigenvalue weighted by atomic mass is 9.87. The molecule has 1 N–H and O–H groups in total. The summed E-state index contributed by atoms with van der Waals surface area (Å²) in [5.41, 5.74) is 1.21. The van der Waals surface area contributed by atoms with Gasteiger partial charge < -0.3 is 19.5 Å². The average molecular weight is 291 g/mol. The Bertz CT molecular complexity index is 471. The zero-order chi connectivity index (χ0) is 14.7. The monoisotopic (exact) mass is 291 g/mol. The highest BCUT2D eigenvalue weighted by Crippen LogP contribution is 2.37. The van der Waals surface area contributed by atoms with E-state index in [2.05, 4.69) is 31.3 Å². The van der Waals surface area contributed by atoms with E-state index in [-0.39, 0.29) is 6.10 Å². The van der Waals surface area contributed by atoms with Crippen LogP contribution in [0.2, 0.25) is 0 Å². The van der Waals surface area contributed by atoms with Crippen LogP contribution in [0.4, 0.5) is 0 Å². The summed E-state index contributed by atoms with van der Waals surface area (Å²) in [5, 5.41) is 3.54. The SMILES string of the molecule is CCNC1CCC2(CC1Oc1cccc(C)c1)OCCO2. The normalized spacial score (nSPS) is 27.9. The predicted octanol–water partition coefficient (Wildman–Crippen LogP) is 2.65. The van der Waals surface area contributed by atoms with Gasteiger partial charge in [0.05, 0.1) is 13.2 Å². The van der Waals surface area contributed by atoms with Gasteiger partial charge in [0.15, 0.2) is 5.79 Å². The maximum absolute atomic E-state index is 6.27. The molecule has 1 aliphatic carbocycles. The molecule has 21 heavy (non-hydrogen) atoms. The second-order valence-electron chi connectivity index (χ2n) is 5.99. The van der Waals surface area contributed by atoms with Gasteiger partial charge in [-0.2, -0.15) is 0 Å². The molecule has 2 unspecified atom stereocenters. The number of benzene rings is 1. The van der Waals surface area contributed by atoms with Gasteiger partial charge in [0.25, 0.3) is 0 Å². The molecule has 2 fully saturated rings. The molecule has 1 heterocycles. The van der Waals surface area contributed by atoms with E-state index in [1.54, 1.807) is 0 Å². The Kier molecular flexibility index (Phi) is 4.48. The fourth-order valence-corrected chi connectivity index (χ4v) is 3.35. The zero-order valence-corrected chi connectivity index (χ0v) is 12.9. The van der Waals surface area contributed by atoms with Crippen molar-refractivity contribution in [1.82, 2.24) is 5.32 Å². The molecule has 1 aromatic carbocycles. The molecule has 0 aromatic heterocycles. The molecule has 1 saturated heterocycles. The first kappa shape index (κ1) is 14.8. The Morgan fingerprint density at radius 1 is 1.33 bits per heavy atom. The highest BCUT2D eigenvalue weighted by Gasteiger charge is 2.46. The zero-order valence-electron chi connectivity index (χ0n) is 12.9. The molecule has 1 aliphatic heterocycles. The number of likely N-dealkylation sites (N-methyl/N-ethyl adjacent to an activating group) is 1. The van der Waals surface area contributed by atoms with Crippen LogP contribution in [-0.4, -0.2) is 37.7 Å². The van der Waals surface area contributed by atoms with Crippen LogP contribution in [-0.2, 0) is 9.47 Å². The van der Waals surface area contributed by atoms with E-state index >= 15 is 0 Å². The van der Waals surface area contributed by atoms with Gasteiger partial charge in [-0.05, 0) is 37.6 Å². The fraction of sp³-hybridized carbons (Fsp3) is 0.647. The van der Waals surface area contributed by atoms with Crippen LogP contribution in [0.25, 0.3) is 0 Å². The third-order valence-electron chi connectivity index (χ3n) is 4.35. The van der Waals surface area contributed by atoms with Crippen molar-refractivity contribution in [1.29, 1.82) is 0 Å². The lowest BCUT2D eigenvalue weighted by Crippen LogP contribution is -2.53. The summed E-state index contributed by atoms with van der Waals surface area (Å²) in [7, 11) is 0. The first-order chi connectivity index (χ1) is 10.2. The van der Waals surface area contributed by atoms with Crippen LogP contribution in [0.3, 0.4) is 0 Å². The molecule has 4 heteroatoms. The molecular weight excluding hydrogens is 266 g/mol. The second-order valence-corrected chi connectivity index (χ2v) is 5.99. The van der Waals surface area contributed by atoms with Gasteiger partial charge in [-0.15, -0.1) is 0 Å². The van der Waals surface area contributed by atoms with Crippen molar-refractivity contribution < 1.29 is 14.2 Å². The number of aryl methyl sites for hydroxylation is 1. The Morgan fingerprint density at radius 2 is 2.14 bits per heavy atom. The molecule has 0 radical (unpaired) electrons. The van der Waals surface area contributed by atoms with Gasteiger partial charge in [0.1, 0.15) is 11.9 Å². The summed E-state index contributed by atoms with van der Waals surface area (Å²) in [6, 6.07) is 8.58. The lowest BCUT2D eigenvalue weighted by Gasteiger charge is -2.41. The molecule has 1 spiro atoms. The molecule has 116 valence electrons. The molecule has 1 aromatic rings. The minimum atomic E-state index is -0.416. The minimum Gasteiger partial charge on any atom is -0.489 e. The first-order valence-electron chi connectivity index (χ1n) is 7.95. The first-order valence-corrected chi connectivity index (χ1v) is 7.95. The van der Waals surface area contributed by atoms with E-state index in [0.717, 1.165) is 31.6 Å². The van der Waals surface area contributed by atoms with E-state index in [9.17, 15) is 0 Å². The second kappa shape index (κ2) is 6.34. The number of ether oxygens (including phenoxy) is 3. The molecule has 3 rings (SSSR count). The Labute approximate surface area is 126 Å². The quantitative estimate of drug-likeness (QED) is 0.926. The number of hydrogen-bond acceptors (Lipinski definition) is 4. The van der Waals surface area contributed by atoms with Crippen LogP contribution in [0.5, 0.6) is 5.75 Å². The van der Waals surface area contributed by atoms with Crippen molar-refractivity contribution in [2.45, 2.75) is 51.0 Å². The molecule has 4 nitrogen and oxygen atoms in total. The highest BCUT2D eigenvalue weighted by molar-refractivity contribution is 5.27. The molecule has 2 aliphatic rings. The van der Waals surface area contributed by atoms with Gasteiger partial charge in [0, 0.05) is 18.9 Å². The van der Waals surface area contributed by atoms with Crippen molar-refractivity contribution in [3.63, 3.8) is 0 Å². The van der Waals surface area contributed by atoms with E-state index in [4.69, 9.17) is 14.2 Å². The third kappa shape index (κ3) is 3.39. The van der Waals surface area contributed by atoms with Gasteiger partial charge in [-0.25, -0.2) is 0 Å². The van der Waals surface area contributed by atoms with E-state index in [0.29, 0.717) is 19.3 Å². The lowest BCUT2D eigenvalue weighted by molar-refractivity contribution is -0.197. The van der Waals surface area contributed by atoms with E-state index in [1.807, 2.05) is 12.1 Å². The maximum Gasteiger partial charge on any atom is 0.172 e. The van der Waals surface area contributed by atoms with Crippen molar-refractivity contribution >= 4 is 0 Å². The van der Waals surface area contributed by atoms with Crippen molar-refractivity contribution in [3.05, 3.63) is 29.8 Å². The van der Waals surface area contributed by atoms with Gasteiger partial charge in [-0.1, -0.05) is 19.1 Å². The van der Waals surface area contributed by atoms with Gasteiger partial charge >= 0.3 is 0 Å². The summed E-state index contributed by atoms with van der Waals surface area (Å²) >= 11 is 0. The molecule has 1 saturated carbocycles. The standard InChI is InChI=1S/C17H25NO3/c1-3-18-15-7-8-17(19-9-10-20-17)12-16(15)21-14-6-4-5-13(2)11-14/h4-6,11,15-16,18H,3,7-10,12H2,1-2H3. The smallest absolute Gasteiger partial charge is 0.172 e. The van der Waals surface area contributed by atoms with Crippen molar-refractivity contribution in [2.24, 2.45) is 0 Å². The fourth-order valence-electron chi connectivity index (χ4n) is 3.35. The summed E-state index contributed by atoms with van der Waals surface area (Å²) in [5.74, 6) is 0.512. The molecule has 0 bridgehead atoms. The van der Waals surface area contributed by atoms with E-state index < -0.39 is 5.79 Å². The summed E-state index contributed by atoms with van der Waals surface area (Å²) in [4.78, 5) is 0. The molecule has 2 atom stereocenters. The maximum atomic E-state index is 6.27. The number of nitrogens with one attached hydrogen (secondary N) is 1. The highest BCUT2D eigenvalue weighted by atomic mass is 16.7. The largest absolute Gasteiger partial charge is 0.489 e. The number of rotatable bonds is 4. The number of hydrogen-bond donors (Lipinski definition) is 1. The summed E-state index contributed by atoms with van der Waals surface area (Å²) in [6.07, 6.45) is 2.83. The van der Waals surface area contributed by atoms with Crippen molar-refractivity contribution in [3.8, 4) is 5.75 Å². The van der Waals surface area contributed by atoms with Crippen LogP contribution < -0.4 is 10.1 Å². The Hall–Kier alpha value is -1.10. The Balaban J connectivity index is 1.73. The van der Waals surface area contributed by atoms with Crippen molar-refractivity contribution in [2.75, 3.05) is 19.8 Å².